The van der Waals surface area contributed by atoms with Gasteiger partial charge in [0.2, 0.25) is 0 Å². The largest absolute Gasteiger partial charge is 0.310 e. The molecule has 0 saturated heterocycles. The monoisotopic (exact) mass is 239 g/mol. The lowest BCUT2D eigenvalue weighted by Crippen LogP contribution is -2.27. The molecule has 94 valence electrons. The zero-order valence-electron chi connectivity index (χ0n) is 11.2. The maximum Gasteiger partial charge on any atom is 0.0210 e. The zero-order valence-corrected chi connectivity index (χ0v) is 11.2. The lowest BCUT2D eigenvalue weighted by Gasteiger charge is -2.15. The van der Waals surface area contributed by atoms with Gasteiger partial charge < -0.3 is 5.32 Å². The molecule has 1 unspecified atom stereocenters. The van der Waals surface area contributed by atoms with Crippen molar-refractivity contribution in [2.75, 3.05) is 0 Å². The van der Waals surface area contributed by atoms with Crippen LogP contribution in [0.15, 0.2) is 54.6 Å². The van der Waals surface area contributed by atoms with Crippen molar-refractivity contribution in [3.63, 3.8) is 0 Å². The Balaban J connectivity index is 1.86. The van der Waals surface area contributed by atoms with Gasteiger partial charge in [0.05, 0.1) is 0 Å². The van der Waals surface area contributed by atoms with E-state index in [9.17, 15) is 0 Å². The average Bonchev–Trinajstić information content (AvgIpc) is 2.39. The first-order chi connectivity index (χ1) is 8.75. The quantitative estimate of drug-likeness (QED) is 0.838. The molecule has 2 aromatic carbocycles. The Hall–Kier alpha value is -1.60. The number of hydrogen-bond donors (Lipinski definition) is 1. The number of hydrogen-bond acceptors (Lipinski definition) is 1. The minimum Gasteiger partial charge on any atom is -0.310 e. The van der Waals surface area contributed by atoms with E-state index in [1.54, 1.807) is 0 Å². The smallest absolute Gasteiger partial charge is 0.0210 e. The van der Waals surface area contributed by atoms with Crippen LogP contribution in [0.25, 0.3) is 0 Å². The van der Waals surface area contributed by atoms with Crippen molar-refractivity contribution >= 4 is 0 Å². The van der Waals surface area contributed by atoms with E-state index in [0.717, 1.165) is 13.0 Å². The van der Waals surface area contributed by atoms with Crippen LogP contribution >= 0.6 is 0 Å². The van der Waals surface area contributed by atoms with E-state index in [1.165, 1.54) is 16.7 Å². The van der Waals surface area contributed by atoms with Gasteiger partial charge in [-0.2, -0.15) is 0 Å². The van der Waals surface area contributed by atoms with Gasteiger partial charge in [0.25, 0.3) is 0 Å². The van der Waals surface area contributed by atoms with Crippen molar-refractivity contribution in [2.24, 2.45) is 0 Å². The fourth-order valence-electron chi connectivity index (χ4n) is 2.13. The van der Waals surface area contributed by atoms with Crippen LogP contribution < -0.4 is 5.32 Å². The molecule has 1 N–H and O–H groups in total. The zero-order chi connectivity index (χ0) is 12.8. The van der Waals surface area contributed by atoms with Crippen LogP contribution in [0.2, 0.25) is 0 Å². The van der Waals surface area contributed by atoms with E-state index < -0.39 is 0 Å². The molecule has 2 rings (SSSR count). The maximum atomic E-state index is 3.59. The third-order valence-electron chi connectivity index (χ3n) is 3.29. The molecule has 0 radical (unpaired) electrons. The summed E-state index contributed by atoms with van der Waals surface area (Å²) in [5.74, 6) is 0. The van der Waals surface area contributed by atoms with Crippen LogP contribution in [0.1, 0.15) is 23.6 Å². The topological polar surface area (TPSA) is 12.0 Å². The van der Waals surface area contributed by atoms with Gasteiger partial charge in [-0.05, 0) is 37.0 Å². The molecular formula is C17H21N. The van der Waals surface area contributed by atoms with Gasteiger partial charge in [0, 0.05) is 12.6 Å². The summed E-state index contributed by atoms with van der Waals surface area (Å²) in [6.07, 6.45) is 1.08. The van der Waals surface area contributed by atoms with E-state index >= 15 is 0 Å². The summed E-state index contributed by atoms with van der Waals surface area (Å²) in [5, 5.41) is 3.59. The third kappa shape index (κ3) is 3.71. The fraction of sp³-hybridized carbons (Fsp3) is 0.294. The van der Waals surface area contributed by atoms with Crippen LogP contribution in [-0.4, -0.2) is 6.04 Å². The van der Waals surface area contributed by atoms with E-state index in [0.29, 0.717) is 6.04 Å². The molecule has 0 aliphatic heterocycles. The van der Waals surface area contributed by atoms with Crippen molar-refractivity contribution in [1.29, 1.82) is 0 Å². The summed E-state index contributed by atoms with van der Waals surface area (Å²) < 4.78 is 0. The first-order valence-electron chi connectivity index (χ1n) is 6.57. The molecule has 0 saturated carbocycles. The second-order valence-corrected chi connectivity index (χ2v) is 4.90. The Labute approximate surface area is 110 Å². The highest BCUT2D eigenvalue weighted by molar-refractivity contribution is 5.25. The van der Waals surface area contributed by atoms with Crippen LogP contribution in [0.3, 0.4) is 0 Å². The molecule has 18 heavy (non-hydrogen) atoms. The summed E-state index contributed by atoms with van der Waals surface area (Å²) in [7, 11) is 0. The third-order valence-corrected chi connectivity index (χ3v) is 3.29. The summed E-state index contributed by atoms with van der Waals surface area (Å²) in [5.41, 5.74) is 4.14. The normalized spacial score (nSPS) is 12.3. The van der Waals surface area contributed by atoms with E-state index in [1.807, 2.05) is 0 Å². The Kier molecular flexibility index (Phi) is 4.54. The van der Waals surface area contributed by atoms with Crippen molar-refractivity contribution in [2.45, 2.75) is 32.9 Å². The summed E-state index contributed by atoms with van der Waals surface area (Å²) in [4.78, 5) is 0. The molecule has 0 aliphatic rings. The first kappa shape index (κ1) is 12.8. The second-order valence-electron chi connectivity index (χ2n) is 4.90. The van der Waals surface area contributed by atoms with Crippen molar-refractivity contribution in [3.05, 3.63) is 71.3 Å². The van der Waals surface area contributed by atoms with Gasteiger partial charge in [-0.15, -0.1) is 0 Å². The van der Waals surface area contributed by atoms with Crippen molar-refractivity contribution in [1.82, 2.24) is 5.32 Å². The minimum atomic E-state index is 0.493. The maximum absolute atomic E-state index is 3.59. The van der Waals surface area contributed by atoms with Crippen molar-refractivity contribution in [3.8, 4) is 0 Å². The molecule has 0 heterocycles. The van der Waals surface area contributed by atoms with Gasteiger partial charge in [0.1, 0.15) is 0 Å². The SMILES string of the molecule is Cc1ccccc1CNC(C)Cc1ccccc1. The molecule has 2 aromatic rings. The molecule has 1 heteroatoms. The van der Waals surface area contributed by atoms with Gasteiger partial charge >= 0.3 is 0 Å². The lowest BCUT2D eigenvalue weighted by atomic mass is 10.1. The summed E-state index contributed by atoms with van der Waals surface area (Å²) >= 11 is 0. The van der Waals surface area contributed by atoms with Crippen LogP contribution in [0.5, 0.6) is 0 Å². The highest BCUT2D eigenvalue weighted by Gasteiger charge is 2.03. The van der Waals surface area contributed by atoms with Crippen LogP contribution in [0.4, 0.5) is 0 Å². The van der Waals surface area contributed by atoms with E-state index in [2.05, 4.69) is 73.8 Å². The van der Waals surface area contributed by atoms with Gasteiger partial charge in [-0.1, -0.05) is 54.6 Å². The number of benzene rings is 2. The van der Waals surface area contributed by atoms with E-state index in [-0.39, 0.29) is 0 Å². The fourth-order valence-corrected chi connectivity index (χ4v) is 2.13. The average molecular weight is 239 g/mol. The minimum absolute atomic E-state index is 0.493. The molecule has 0 bridgehead atoms. The van der Waals surface area contributed by atoms with Crippen LogP contribution in [-0.2, 0) is 13.0 Å². The predicted molar refractivity (Wildman–Crippen MR) is 77.6 cm³/mol. The Morgan fingerprint density at radius 3 is 2.33 bits per heavy atom. The van der Waals surface area contributed by atoms with E-state index in [4.69, 9.17) is 0 Å². The van der Waals surface area contributed by atoms with Crippen molar-refractivity contribution < 1.29 is 0 Å². The highest BCUT2D eigenvalue weighted by Crippen LogP contribution is 2.08. The highest BCUT2D eigenvalue weighted by atomic mass is 14.9. The molecule has 0 aliphatic carbocycles. The molecule has 0 fully saturated rings. The van der Waals surface area contributed by atoms with Gasteiger partial charge in [0.15, 0.2) is 0 Å². The first-order valence-corrected chi connectivity index (χ1v) is 6.57. The Morgan fingerprint density at radius 1 is 0.944 bits per heavy atom. The van der Waals surface area contributed by atoms with Gasteiger partial charge in [-0.3, -0.25) is 0 Å². The summed E-state index contributed by atoms with van der Waals surface area (Å²) in [6.45, 7) is 5.35. The lowest BCUT2D eigenvalue weighted by molar-refractivity contribution is 0.544. The van der Waals surface area contributed by atoms with Crippen LogP contribution in [0, 0.1) is 6.92 Å². The summed E-state index contributed by atoms with van der Waals surface area (Å²) in [6, 6.07) is 19.7. The number of aryl methyl sites for hydroxylation is 1. The standard InChI is InChI=1S/C17H21N/c1-14-8-6-7-11-17(14)13-18-15(2)12-16-9-4-3-5-10-16/h3-11,15,18H,12-13H2,1-2H3. The predicted octanol–water partition coefficient (Wildman–Crippen LogP) is 3.72. The Bertz CT molecular complexity index is 476. The molecule has 1 atom stereocenters. The van der Waals surface area contributed by atoms with Gasteiger partial charge in [-0.25, -0.2) is 0 Å². The second kappa shape index (κ2) is 6.36. The number of rotatable bonds is 5. The molecule has 0 amide bonds. The number of nitrogens with one attached hydrogen (secondary N) is 1. The molecule has 0 spiro atoms. The Morgan fingerprint density at radius 2 is 1.61 bits per heavy atom. The molecular weight excluding hydrogens is 218 g/mol. The molecule has 1 nitrogen and oxygen atoms in total. The molecule has 0 aromatic heterocycles.